The molecule has 0 saturated carbocycles. The van der Waals surface area contributed by atoms with Crippen LogP contribution in [0.4, 0.5) is 0 Å². The molecule has 13 heavy (non-hydrogen) atoms. The van der Waals surface area contributed by atoms with Crippen molar-refractivity contribution in [3.05, 3.63) is 35.4 Å². The van der Waals surface area contributed by atoms with Crippen LogP contribution in [0.5, 0.6) is 0 Å². The average molecular weight is 195 g/mol. The smallest absolute Gasteiger partial charge is 0.129 e. The summed E-state index contributed by atoms with van der Waals surface area (Å²) in [6.45, 7) is 4.00. The molecule has 2 nitrogen and oxygen atoms in total. The minimum absolute atomic E-state index is 0.531. The fourth-order valence-corrected chi connectivity index (χ4v) is 1.06. The van der Waals surface area contributed by atoms with Gasteiger partial charge in [-0.1, -0.05) is 44.2 Å². The monoisotopic (exact) mass is 195 g/mol. The van der Waals surface area contributed by atoms with E-state index in [2.05, 4.69) is 33.5 Å². The predicted octanol–water partition coefficient (Wildman–Crippen LogP) is 2.57. The first-order chi connectivity index (χ1) is 6.24. The molecular formula is C10H14NOP. The van der Waals surface area contributed by atoms with Crippen molar-refractivity contribution in [1.29, 1.82) is 0 Å². The van der Waals surface area contributed by atoms with Crippen molar-refractivity contribution in [2.45, 2.75) is 13.8 Å². The fraction of sp³-hybridized carbons (Fsp3) is 0.300. The molecule has 0 bridgehead atoms. The van der Waals surface area contributed by atoms with E-state index < -0.39 is 0 Å². The standard InChI is InChI=1S/C10H14NOP/c1-8-3-5-10(6-4-8)9(2)11-12-7-13/h3-6H,7,13H2,1-2H3/b11-9+. The maximum Gasteiger partial charge on any atom is 0.129 e. The van der Waals surface area contributed by atoms with Crippen molar-refractivity contribution in [3.63, 3.8) is 0 Å². The number of hydrogen-bond acceptors (Lipinski definition) is 2. The van der Waals surface area contributed by atoms with E-state index in [0.717, 1.165) is 11.3 Å². The van der Waals surface area contributed by atoms with Crippen LogP contribution in [0.15, 0.2) is 29.4 Å². The van der Waals surface area contributed by atoms with Gasteiger partial charge in [-0.15, -0.1) is 0 Å². The van der Waals surface area contributed by atoms with Gasteiger partial charge in [0.1, 0.15) is 6.35 Å². The highest BCUT2D eigenvalue weighted by Gasteiger charge is 1.96. The molecule has 0 aliphatic carbocycles. The van der Waals surface area contributed by atoms with E-state index in [0.29, 0.717) is 6.35 Å². The number of oxime groups is 1. The topological polar surface area (TPSA) is 21.6 Å². The summed E-state index contributed by atoms with van der Waals surface area (Å²) in [4.78, 5) is 4.93. The molecule has 0 aliphatic heterocycles. The number of benzene rings is 1. The molecule has 0 aliphatic rings. The number of hydrogen-bond donors (Lipinski definition) is 0. The Balaban J connectivity index is 2.77. The zero-order valence-electron chi connectivity index (χ0n) is 7.95. The molecule has 1 aromatic carbocycles. The Morgan fingerprint density at radius 1 is 1.38 bits per heavy atom. The van der Waals surface area contributed by atoms with E-state index >= 15 is 0 Å². The molecule has 1 unspecified atom stereocenters. The van der Waals surface area contributed by atoms with E-state index in [4.69, 9.17) is 4.84 Å². The second-order valence-electron chi connectivity index (χ2n) is 2.84. The van der Waals surface area contributed by atoms with Crippen LogP contribution in [0.25, 0.3) is 0 Å². The first kappa shape index (κ1) is 10.2. The molecule has 1 atom stereocenters. The van der Waals surface area contributed by atoms with E-state index in [1.807, 2.05) is 19.1 Å². The van der Waals surface area contributed by atoms with E-state index in [9.17, 15) is 0 Å². The second kappa shape index (κ2) is 4.98. The Kier molecular flexibility index (Phi) is 3.91. The lowest BCUT2D eigenvalue weighted by molar-refractivity contribution is 0.196. The van der Waals surface area contributed by atoms with E-state index in [-0.39, 0.29) is 0 Å². The highest BCUT2D eigenvalue weighted by molar-refractivity contribution is 7.16. The van der Waals surface area contributed by atoms with E-state index in [1.54, 1.807) is 0 Å². The van der Waals surface area contributed by atoms with Crippen LogP contribution in [-0.2, 0) is 4.84 Å². The zero-order chi connectivity index (χ0) is 9.68. The Morgan fingerprint density at radius 3 is 2.54 bits per heavy atom. The highest BCUT2D eigenvalue weighted by atomic mass is 31.0. The maximum atomic E-state index is 4.93. The van der Waals surface area contributed by atoms with Crippen molar-refractivity contribution >= 4 is 15.0 Å². The van der Waals surface area contributed by atoms with Crippen LogP contribution in [0, 0.1) is 6.92 Å². The average Bonchev–Trinajstić information content (AvgIpc) is 2.15. The molecule has 0 radical (unpaired) electrons. The minimum atomic E-state index is 0.531. The maximum absolute atomic E-state index is 4.93. The van der Waals surface area contributed by atoms with Crippen LogP contribution in [0.2, 0.25) is 0 Å². The first-order valence-corrected chi connectivity index (χ1v) is 4.99. The largest absolute Gasteiger partial charge is 0.392 e. The molecule has 0 heterocycles. The van der Waals surface area contributed by atoms with Crippen molar-refractivity contribution in [3.8, 4) is 0 Å². The number of rotatable bonds is 3. The van der Waals surface area contributed by atoms with Crippen molar-refractivity contribution in [2.24, 2.45) is 5.16 Å². The SMILES string of the molecule is C/C(=N\OCP)c1ccc(C)cc1. The molecule has 0 aromatic heterocycles. The molecule has 1 rings (SSSR count). The summed E-state index contributed by atoms with van der Waals surface area (Å²) in [6.07, 6.45) is 0.531. The first-order valence-electron chi connectivity index (χ1n) is 4.17. The number of aryl methyl sites for hydroxylation is 1. The van der Waals surface area contributed by atoms with Gasteiger partial charge < -0.3 is 4.84 Å². The molecular weight excluding hydrogens is 181 g/mol. The lowest BCUT2D eigenvalue weighted by atomic mass is 10.1. The van der Waals surface area contributed by atoms with Crippen molar-refractivity contribution in [2.75, 3.05) is 6.35 Å². The predicted molar refractivity (Wildman–Crippen MR) is 59.1 cm³/mol. The summed E-state index contributed by atoms with van der Waals surface area (Å²) in [6, 6.07) is 8.21. The Hall–Kier alpha value is -0.880. The number of nitrogens with zero attached hydrogens (tertiary/aromatic N) is 1. The Bertz CT molecular complexity index is 292. The summed E-state index contributed by atoms with van der Waals surface area (Å²) >= 11 is 0. The summed E-state index contributed by atoms with van der Waals surface area (Å²) in [5, 5.41) is 3.94. The quantitative estimate of drug-likeness (QED) is 0.412. The zero-order valence-corrected chi connectivity index (χ0v) is 9.10. The Morgan fingerprint density at radius 2 is 2.00 bits per heavy atom. The molecule has 0 amide bonds. The van der Waals surface area contributed by atoms with E-state index in [1.165, 1.54) is 5.56 Å². The molecule has 0 saturated heterocycles. The normalized spacial score (nSPS) is 11.5. The summed E-state index contributed by atoms with van der Waals surface area (Å²) < 4.78 is 0. The third-order valence-electron chi connectivity index (χ3n) is 1.75. The lowest BCUT2D eigenvalue weighted by Crippen LogP contribution is -1.95. The Labute approximate surface area is 81.2 Å². The third-order valence-corrected chi connectivity index (χ3v) is 1.89. The van der Waals surface area contributed by atoms with Gasteiger partial charge >= 0.3 is 0 Å². The third kappa shape index (κ3) is 3.16. The van der Waals surface area contributed by atoms with Gasteiger partial charge in [0.15, 0.2) is 0 Å². The van der Waals surface area contributed by atoms with Crippen molar-refractivity contribution < 1.29 is 4.84 Å². The second-order valence-corrected chi connectivity index (χ2v) is 3.17. The van der Waals surface area contributed by atoms with Crippen LogP contribution in [-0.4, -0.2) is 12.1 Å². The van der Waals surface area contributed by atoms with Gasteiger partial charge in [-0.05, 0) is 19.4 Å². The van der Waals surface area contributed by atoms with Gasteiger partial charge in [-0.3, -0.25) is 0 Å². The van der Waals surface area contributed by atoms with Crippen LogP contribution in [0.3, 0.4) is 0 Å². The van der Waals surface area contributed by atoms with Gasteiger partial charge in [0.2, 0.25) is 0 Å². The molecule has 0 N–H and O–H groups in total. The minimum Gasteiger partial charge on any atom is -0.392 e. The summed E-state index contributed by atoms with van der Waals surface area (Å²) in [7, 11) is 2.46. The van der Waals surface area contributed by atoms with Crippen LogP contribution >= 0.6 is 9.24 Å². The van der Waals surface area contributed by atoms with Gasteiger partial charge in [-0.2, -0.15) is 0 Å². The highest BCUT2D eigenvalue weighted by Crippen LogP contribution is 2.04. The lowest BCUT2D eigenvalue weighted by Gasteiger charge is -2.00. The van der Waals surface area contributed by atoms with Gasteiger partial charge in [0, 0.05) is 0 Å². The van der Waals surface area contributed by atoms with Gasteiger partial charge in [0.25, 0.3) is 0 Å². The summed E-state index contributed by atoms with van der Waals surface area (Å²) in [5.74, 6) is 0. The molecule has 0 fully saturated rings. The summed E-state index contributed by atoms with van der Waals surface area (Å²) in [5.41, 5.74) is 3.26. The fourth-order valence-electron chi connectivity index (χ4n) is 0.982. The van der Waals surface area contributed by atoms with Gasteiger partial charge in [0.05, 0.1) is 5.71 Å². The van der Waals surface area contributed by atoms with Crippen LogP contribution in [0.1, 0.15) is 18.1 Å². The van der Waals surface area contributed by atoms with Crippen molar-refractivity contribution in [1.82, 2.24) is 0 Å². The molecule has 0 spiro atoms. The molecule has 3 heteroatoms. The van der Waals surface area contributed by atoms with Crippen LogP contribution < -0.4 is 0 Å². The van der Waals surface area contributed by atoms with Gasteiger partial charge in [-0.25, -0.2) is 0 Å². The molecule has 1 aromatic rings. The molecule has 70 valence electrons.